The Bertz CT molecular complexity index is 397. The number of thioether (sulfide) groups is 1. The summed E-state index contributed by atoms with van der Waals surface area (Å²) in [6, 6.07) is 0.480. The maximum absolute atomic E-state index is 5.36. The Morgan fingerprint density at radius 3 is 3.00 bits per heavy atom. The number of nitrogens with zero attached hydrogens (tertiary/aromatic N) is 3. The average molecular weight is 253 g/mol. The van der Waals surface area contributed by atoms with E-state index in [0.717, 1.165) is 23.7 Å². The molecule has 0 radical (unpaired) electrons. The number of aromatic nitrogens is 2. The number of nitrogens with one attached hydrogen (secondary N) is 1. The highest BCUT2D eigenvalue weighted by atomic mass is 32.2. The second-order valence-corrected chi connectivity index (χ2v) is 5.84. The zero-order valence-electron chi connectivity index (χ0n) is 10.5. The van der Waals surface area contributed by atoms with Crippen LogP contribution in [0.4, 0.5) is 11.8 Å². The maximum Gasteiger partial charge on any atom is 0.239 e. The number of aryl methyl sites for hydroxylation is 1. The third kappa shape index (κ3) is 2.47. The number of hydrogen-bond acceptors (Lipinski definition) is 6. The van der Waals surface area contributed by atoms with Crippen LogP contribution in [0.2, 0.25) is 0 Å². The number of nitrogens with two attached hydrogens (primary N) is 1. The summed E-state index contributed by atoms with van der Waals surface area (Å²) in [6.45, 7) is 7.57. The monoisotopic (exact) mass is 253 g/mol. The van der Waals surface area contributed by atoms with Crippen molar-refractivity contribution in [3.05, 3.63) is 11.8 Å². The lowest BCUT2D eigenvalue weighted by Gasteiger charge is -2.39. The minimum Gasteiger partial charge on any atom is -0.352 e. The Labute approximate surface area is 106 Å². The predicted octanol–water partition coefficient (Wildman–Crippen LogP) is 1.40. The molecule has 0 spiro atoms. The summed E-state index contributed by atoms with van der Waals surface area (Å²) in [4.78, 5) is 10.9. The number of nitrogen functional groups attached to an aromatic ring is 1. The van der Waals surface area contributed by atoms with Gasteiger partial charge in [0.1, 0.15) is 5.82 Å². The summed E-state index contributed by atoms with van der Waals surface area (Å²) < 4.78 is 0. The molecule has 0 bridgehead atoms. The SMILES string of the molecule is Cc1cnc(NN)nc1N1CCSC(C)C1C. The lowest BCUT2D eigenvalue weighted by atomic mass is 10.2. The van der Waals surface area contributed by atoms with Gasteiger partial charge >= 0.3 is 0 Å². The Balaban J connectivity index is 2.31. The van der Waals surface area contributed by atoms with E-state index in [-0.39, 0.29) is 0 Å². The fourth-order valence-corrected chi connectivity index (χ4v) is 3.12. The van der Waals surface area contributed by atoms with Crippen LogP contribution in [0.15, 0.2) is 6.20 Å². The normalized spacial score (nSPS) is 24.8. The molecule has 5 nitrogen and oxygen atoms in total. The highest BCUT2D eigenvalue weighted by Crippen LogP contribution is 2.29. The van der Waals surface area contributed by atoms with Crippen molar-refractivity contribution in [2.75, 3.05) is 22.6 Å². The summed E-state index contributed by atoms with van der Waals surface area (Å²) in [7, 11) is 0. The van der Waals surface area contributed by atoms with Crippen molar-refractivity contribution in [1.82, 2.24) is 9.97 Å². The van der Waals surface area contributed by atoms with E-state index < -0.39 is 0 Å². The predicted molar refractivity (Wildman–Crippen MR) is 73.3 cm³/mol. The molecule has 1 aromatic rings. The fraction of sp³-hybridized carbons (Fsp3) is 0.636. The summed E-state index contributed by atoms with van der Waals surface area (Å²) >= 11 is 2.02. The van der Waals surface area contributed by atoms with E-state index in [1.807, 2.05) is 24.9 Å². The number of anilines is 2. The molecule has 94 valence electrons. The lowest BCUT2D eigenvalue weighted by Crippen LogP contribution is -2.45. The van der Waals surface area contributed by atoms with Gasteiger partial charge in [-0.1, -0.05) is 6.92 Å². The largest absolute Gasteiger partial charge is 0.352 e. The van der Waals surface area contributed by atoms with Crippen molar-refractivity contribution in [3.8, 4) is 0 Å². The van der Waals surface area contributed by atoms with Crippen LogP contribution in [-0.2, 0) is 0 Å². The van der Waals surface area contributed by atoms with Gasteiger partial charge in [0, 0.05) is 35.3 Å². The highest BCUT2D eigenvalue weighted by molar-refractivity contribution is 8.00. The maximum atomic E-state index is 5.36. The average Bonchev–Trinajstić information content (AvgIpc) is 2.34. The first-order valence-corrected chi connectivity index (χ1v) is 6.87. The number of hydrogen-bond donors (Lipinski definition) is 2. The first-order chi connectivity index (χ1) is 8.13. The van der Waals surface area contributed by atoms with Crippen LogP contribution in [0.3, 0.4) is 0 Å². The molecule has 3 N–H and O–H groups in total. The van der Waals surface area contributed by atoms with Crippen LogP contribution < -0.4 is 16.2 Å². The molecule has 0 saturated carbocycles. The minimum atomic E-state index is 0.476. The molecule has 0 aliphatic carbocycles. The molecule has 6 heteroatoms. The van der Waals surface area contributed by atoms with Gasteiger partial charge in [0.15, 0.2) is 0 Å². The molecule has 1 aromatic heterocycles. The first-order valence-electron chi connectivity index (χ1n) is 5.82. The van der Waals surface area contributed by atoms with Crippen LogP contribution in [0, 0.1) is 6.92 Å². The highest BCUT2D eigenvalue weighted by Gasteiger charge is 2.27. The lowest BCUT2D eigenvalue weighted by molar-refractivity contribution is 0.618. The molecule has 2 rings (SSSR count). The first kappa shape index (κ1) is 12.4. The van der Waals surface area contributed by atoms with Crippen LogP contribution in [0.5, 0.6) is 0 Å². The van der Waals surface area contributed by atoms with E-state index in [0.29, 0.717) is 17.2 Å². The number of hydrazine groups is 1. The van der Waals surface area contributed by atoms with Gasteiger partial charge in [0.05, 0.1) is 0 Å². The third-order valence-corrected chi connectivity index (χ3v) is 4.57. The summed E-state index contributed by atoms with van der Waals surface area (Å²) in [5.41, 5.74) is 3.60. The molecular weight excluding hydrogens is 234 g/mol. The second-order valence-electron chi connectivity index (χ2n) is 4.35. The Kier molecular flexibility index (Phi) is 3.73. The van der Waals surface area contributed by atoms with E-state index >= 15 is 0 Å². The van der Waals surface area contributed by atoms with Crippen LogP contribution in [0.1, 0.15) is 19.4 Å². The van der Waals surface area contributed by atoms with Crippen molar-refractivity contribution >= 4 is 23.5 Å². The molecule has 2 heterocycles. The van der Waals surface area contributed by atoms with Gasteiger partial charge in [-0.3, -0.25) is 5.43 Å². The zero-order chi connectivity index (χ0) is 12.4. The minimum absolute atomic E-state index is 0.476. The molecule has 0 aromatic carbocycles. The van der Waals surface area contributed by atoms with Gasteiger partial charge in [-0.05, 0) is 13.8 Å². The van der Waals surface area contributed by atoms with Gasteiger partial charge in [0.25, 0.3) is 0 Å². The molecule has 1 fully saturated rings. The third-order valence-electron chi connectivity index (χ3n) is 3.23. The van der Waals surface area contributed by atoms with E-state index in [2.05, 4.69) is 34.1 Å². The molecule has 1 saturated heterocycles. The molecule has 2 unspecified atom stereocenters. The smallest absolute Gasteiger partial charge is 0.239 e. The molecule has 0 amide bonds. The van der Waals surface area contributed by atoms with Gasteiger partial charge in [-0.25, -0.2) is 10.8 Å². The second kappa shape index (κ2) is 5.10. The molecule has 1 aliphatic rings. The van der Waals surface area contributed by atoms with E-state index in [4.69, 9.17) is 5.84 Å². The van der Waals surface area contributed by atoms with Gasteiger partial charge in [-0.2, -0.15) is 16.7 Å². The van der Waals surface area contributed by atoms with Crippen LogP contribution in [-0.4, -0.2) is 33.6 Å². The van der Waals surface area contributed by atoms with Crippen molar-refractivity contribution in [2.24, 2.45) is 5.84 Å². The number of rotatable bonds is 2. The Morgan fingerprint density at radius 2 is 2.29 bits per heavy atom. The van der Waals surface area contributed by atoms with Crippen molar-refractivity contribution in [3.63, 3.8) is 0 Å². The summed E-state index contributed by atoms with van der Waals surface area (Å²) in [6.07, 6.45) is 1.82. The zero-order valence-corrected chi connectivity index (χ0v) is 11.3. The topological polar surface area (TPSA) is 67.1 Å². The fourth-order valence-electron chi connectivity index (χ4n) is 2.03. The van der Waals surface area contributed by atoms with E-state index in [1.165, 1.54) is 0 Å². The van der Waals surface area contributed by atoms with Crippen molar-refractivity contribution < 1.29 is 0 Å². The quantitative estimate of drug-likeness (QED) is 0.613. The molecular formula is C11H19N5S. The standard InChI is InChI=1S/C11H19N5S/c1-7-6-13-11(15-12)14-10(7)16-4-5-17-9(3)8(16)2/h6,8-9H,4-5,12H2,1-3H3,(H,13,14,15). The van der Waals surface area contributed by atoms with Crippen molar-refractivity contribution in [1.29, 1.82) is 0 Å². The summed E-state index contributed by atoms with van der Waals surface area (Å²) in [5, 5.41) is 0.618. The Hall–Kier alpha value is -1.01. The molecule has 1 aliphatic heterocycles. The van der Waals surface area contributed by atoms with E-state index in [9.17, 15) is 0 Å². The van der Waals surface area contributed by atoms with Gasteiger partial charge < -0.3 is 4.90 Å². The van der Waals surface area contributed by atoms with Gasteiger partial charge in [-0.15, -0.1) is 0 Å². The molecule has 2 atom stereocenters. The van der Waals surface area contributed by atoms with Crippen LogP contribution >= 0.6 is 11.8 Å². The Morgan fingerprint density at radius 1 is 1.53 bits per heavy atom. The van der Waals surface area contributed by atoms with E-state index in [1.54, 1.807) is 0 Å². The molecule has 17 heavy (non-hydrogen) atoms. The summed E-state index contributed by atoms with van der Waals surface area (Å²) in [5.74, 6) is 7.97. The van der Waals surface area contributed by atoms with Gasteiger partial charge in [0.2, 0.25) is 5.95 Å². The van der Waals surface area contributed by atoms with Crippen molar-refractivity contribution in [2.45, 2.75) is 32.1 Å². The van der Waals surface area contributed by atoms with Crippen LogP contribution in [0.25, 0.3) is 0 Å².